The molecule has 4 heteroatoms. The van der Waals surface area contributed by atoms with Crippen molar-refractivity contribution in [3.63, 3.8) is 0 Å². The van der Waals surface area contributed by atoms with Crippen LogP contribution in [0.3, 0.4) is 0 Å². The molecule has 1 aromatic rings. The van der Waals surface area contributed by atoms with Crippen molar-refractivity contribution in [1.82, 2.24) is 5.32 Å². The van der Waals surface area contributed by atoms with Gasteiger partial charge in [0.15, 0.2) is 0 Å². The first-order valence-electron chi connectivity index (χ1n) is 5.17. The van der Waals surface area contributed by atoms with Crippen molar-refractivity contribution in [3.8, 4) is 0 Å². The molecule has 0 saturated heterocycles. The third kappa shape index (κ3) is 3.72. The molecule has 0 spiro atoms. The average Bonchev–Trinajstić information content (AvgIpc) is 2.23. The van der Waals surface area contributed by atoms with E-state index in [1.807, 2.05) is 0 Å². The molecule has 0 aliphatic carbocycles. The summed E-state index contributed by atoms with van der Waals surface area (Å²) in [6.45, 7) is 4.57. The second-order valence-corrected chi connectivity index (χ2v) is 3.52. The highest BCUT2D eigenvalue weighted by Gasteiger charge is 2.10. The molecule has 3 N–H and O–H groups in total. The zero-order valence-electron chi connectivity index (χ0n) is 9.05. The van der Waals surface area contributed by atoms with Gasteiger partial charge in [-0.3, -0.25) is 0 Å². The van der Waals surface area contributed by atoms with Crippen molar-refractivity contribution in [1.29, 1.82) is 0 Å². The van der Waals surface area contributed by atoms with Crippen LogP contribution in [0, 0.1) is 11.6 Å². The van der Waals surface area contributed by atoms with E-state index in [0.717, 1.165) is 12.5 Å². The highest BCUT2D eigenvalue weighted by atomic mass is 19.1. The van der Waals surface area contributed by atoms with E-state index in [2.05, 4.69) is 11.9 Å². The molecule has 88 valence electrons. The lowest BCUT2D eigenvalue weighted by atomic mass is 10.1. The van der Waals surface area contributed by atoms with Gasteiger partial charge in [-0.05, 0) is 30.7 Å². The maximum Gasteiger partial charge on any atom is 0.126 e. The fraction of sp³-hybridized carbons (Fsp3) is 0.333. The van der Waals surface area contributed by atoms with Gasteiger partial charge >= 0.3 is 0 Å². The zero-order valence-corrected chi connectivity index (χ0v) is 9.05. The molecule has 0 heterocycles. The number of hydrogen-bond donors (Lipinski definition) is 2. The van der Waals surface area contributed by atoms with Crippen LogP contribution in [0.2, 0.25) is 0 Å². The minimum Gasteiger partial charge on any atom is -0.329 e. The second kappa shape index (κ2) is 6.35. The third-order valence-corrected chi connectivity index (χ3v) is 2.26. The van der Waals surface area contributed by atoms with Gasteiger partial charge in [0, 0.05) is 18.7 Å². The molecule has 1 rings (SSSR count). The Morgan fingerprint density at radius 1 is 1.31 bits per heavy atom. The summed E-state index contributed by atoms with van der Waals surface area (Å²) in [5.74, 6) is -1.17. The van der Waals surface area contributed by atoms with Gasteiger partial charge in [-0.2, -0.15) is 0 Å². The lowest BCUT2D eigenvalue weighted by Gasteiger charge is -2.17. The number of hydrogen-bond acceptors (Lipinski definition) is 2. The van der Waals surface area contributed by atoms with Gasteiger partial charge in [0.05, 0.1) is 0 Å². The van der Waals surface area contributed by atoms with Crippen LogP contribution in [0.15, 0.2) is 30.9 Å². The summed E-state index contributed by atoms with van der Waals surface area (Å²) in [4.78, 5) is 0. The van der Waals surface area contributed by atoms with Crippen LogP contribution in [0.5, 0.6) is 0 Å². The molecule has 0 aromatic heterocycles. The Hall–Kier alpha value is -1.26. The molecule has 0 fully saturated rings. The van der Waals surface area contributed by atoms with Crippen molar-refractivity contribution in [3.05, 3.63) is 48.1 Å². The molecule has 1 atom stereocenters. The molecule has 2 nitrogen and oxygen atoms in total. The zero-order chi connectivity index (χ0) is 12.0. The standard InChI is InChI=1S/C12H16F2N2/c1-2-3-4-16-12(8-15)9-5-10(13)7-11(14)6-9/h2,5-7,12,16H,1,3-4,8,15H2. The van der Waals surface area contributed by atoms with Gasteiger partial charge in [0.2, 0.25) is 0 Å². The van der Waals surface area contributed by atoms with E-state index in [4.69, 9.17) is 5.73 Å². The van der Waals surface area contributed by atoms with Gasteiger partial charge in [-0.1, -0.05) is 6.08 Å². The first kappa shape index (κ1) is 12.8. The molecule has 1 unspecified atom stereocenters. The smallest absolute Gasteiger partial charge is 0.126 e. The summed E-state index contributed by atoms with van der Waals surface area (Å²) < 4.78 is 26.0. The molecule has 0 bridgehead atoms. The Morgan fingerprint density at radius 3 is 2.44 bits per heavy atom. The predicted octanol–water partition coefficient (Wildman–Crippen LogP) is 2.13. The van der Waals surface area contributed by atoms with E-state index in [-0.39, 0.29) is 6.04 Å². The number of nitrogens with two attached hydrogens (primary N) is 1. The maximum atomic E-state index is 13.0. The fourth-order valence-corrected chi connectivity index (χ4v) is 1.47. The lowest BCUT2D eigenvalue weighted by molar-refractivity contribution is 0.529. The topological polar surface area (TPSA) is 38.0 Å². The van der Waals surface area contributed by atoms with Crippen molar-refractivity contribution < 1.29 is 8.78 Å². The Bertz CT molecular complexity index is 333. The molecular weight excluding hydrogens is 210 g/mol. The summed E-state index contributed by atoms with van der Waals surface area (Å²) in [6, 6.07) is 3.20. The monoisotopic (exact) mass is 226 g/mol. The van der Waals surface area contributed by atoms with Gasteiger partial charge in [-0.15, -0.1) is 6.58 Å². The Labute approximate surface area is 94.2 Å². The van der Waals surface area contributed by atoms with Crippen molar-refractivity contribution in [2.75, 3.05) is 13.1 Å². The molecule has 0 amide bonds. The Balaban J connectivity index is 2.73. The molecule has 1 aromatic carbocycles. The van der Waals surface area contributed by atoms with Gasteiger partial charge in [0.25, 0.3) is 0 Å². The SMILES string of the molecule is C=CCCNC(CN)c1cc(F)cc(F)c1. The van der Waals surface area contributed by atoms with Crippen LogP contribution in [0.1, 0.15) is 18.0 Å². The molecule has 0 aliphatic heterocycles. The highest BCUT2D eigenvalue weighted by Crippen LogP contribution is 2.15. The minimum atomic E-state index is -0.584. The van der Waals surface area contributed by atoms with Crippen molar-refractivity contribution >= 4 is 0 Å². The van der Waals surface area contributed by atoms with Gasteiger partial charge in [0.1, 0.15) is 11.6 Å². The van der Waals surface area contributed by atoms with E-state index < -0.39 is 11.6 Å². The molecule has 0 saturated carbocycles. The summed E-state index contributed by atoms with van der Waals surface area (Å²) in [7, 11) is 0. The molecular formula is C12H16F2N2. The maximum absolute atomic E-state index is 13.0. The van der Waals surface area contributed by atoms with E-state index in [1.54, 1.807) is 6.08 Å². The van der Waals surface area contributed by atoms with Gasteiger partial charge < -0.3 is 11.1 Å². The van der Waals surface area contributed by atoms with Crippen molar-refractivity contribution in [2.45, 2.75) is 12.5 Å². The third-order valence-electron chi connectivity index (χ3n) is 2.26. The summed E-state index contributed by atoms with van der Waals surface area (Å²) in [5.41, 5.74) is 6.09. The van der Waals surface area contributed by atoms with Crippen LogP contribution in [0.4, 0.5) is 8.78 Å². The summed E-state index contributed by atoms with van der Waals surface area (Å²) >= 11 is 0. The number of benzene rings is 1. The normalized spacial score (nSPS) is 12.4. The highest BCUT2D eigenvalue weighted by molar-refractivity contribution is 5.21. The first-order chi connectivity index (χ1) is 7.67. The van der Waals surface area contributed by atoms with Crippen LogP contribution < -0.4 is 11.1 Å². The Morgan fingerprint density at radius 2 is 1.94 bits per heavy atom. The number of nitrogens with one attached hydrogen (secondary N) is 1. The van der Waals surface area contributed by atoms with E-state index in [0.29, 0.717) is 18.7 Å². The fourth-order valence-electron chi connectivity index (χ4n) is 1.47. The molecule has 16 heavy (non-hydrogen) atoms. The minimum absolute atomic E-state index is 0.231. The number of halogens is 2. The average molecular weight is 226 g/mol. The van der Waals surface area contributed by atoms with E-state index >= 15 is 0 Å². The van der Waals surface area contributed by atoms with E-state index in [9.17, 15) is 8.78 Å². The largest absolute Gasteiger partial charge is 0.329 e. The van der Waals surface area contributed by atoms with Crippen LogP contribution >= 0.6 is 0 Å². The second-order valence-electron chi connectivity index (χ2n) is 3.52. The van der Waals surface area contributed by atoms with Crippen molar-refractivity contribution in [2.24, 2.45) is 5.73 Å². The summed E-state index contributed by atoms with van der Waals surface area (Å²) in [5, 5.41) is 3.11. The van der Waals surface area contributed by atoms with E-state index in [1.165, 1.54) is 12.1 Å². The van der Waals surface area contributed by atoms with Crippen LogP contribution in [-0.2, 0) is 0 Å². The summed E-state index contributed by atoms with van der Waals surface area (Å²) in [6.07, 6.45) is 2.56. The number of rotatable bonds is 6. The lowest BCUT2D eigenvalue weighted by Crippen LogP contribution is -2.29. The molecule has 0 aliphatic rings. The van der Waals surface area contributed by atoms with Gasteiger partial charge in [-0.25, -0.2) is 8.78 Å². The predicted molar refractivity (Wildman–Crippen MR) is 61.0 cm³/mol. The van der Waals surface area contributed by atoms with Crippen LogP contribution in [-0.4, -0.2) is 13.1 Å². The Kier molecular flexibility index (Phi) is 5.08. The van der Waals surface area contributed by atoms with Crippen LogP contribution in [0.25, 0.3) is 0 Å². The quantitative estimate of drug-likeness (QED) is 0.576. The molecule has 0 radical (unpaired) electrons. The first-order valence-corrected chi connectivity index (χ1v) is 5.17.